The largest absolute Gasteiger partial charge is 0.394 e. The van der Waals surface area contributed by atoms with Crippen molar-refractivity contribution in [3.8, 4) is 0 Å². The van der Waals surface area contributed by atoms with Crippen molar-refractivity contribution in [1.82, 2.24) is 10.2 Å². The van der Waals surface area contributed by atoms with Gasteiger partial charge in [0.05, 0.1) is 12.7 Å². The van der Waals surface area contributed by atoms with E-state index in [1.165, 1.54) is 0 Å². The van der Waals surface area contributed by atoms with Crippen LogP contribution in [0.2, 0.25) is 0 Å². The lowest BCUT2D eigenvalue weighted by Gasteiger charge is -2.30. The summed E-state index contributed by atoms with van der Waals surface area (Å²) in [6.07, 6.45) is 3.62. The van der Waals surface area contributed by atoms with Crippen LogP contribution in [0.4, 0.5) is 0 Å². The van der Waals surface area contributed by atoms with Gasteiger partial charge in [0.2, 0.25) is 0 Å². The molecule has 0 saturated carbocycles. The molecule has 0 aromatic carbocycles. The van der Waals surface area contributed by atoms with E-state index in [4.69, 9.17) is 4.74 Å². The quantitative estimate of drug-likeness (QED) is 0.664. The molecule has 0 spiro atoms. The average Bonchev–Trinajstić information content (AvgIpc) is 2.82. The summed E-state index contributed by atoms with van der Waals surface area (Å²) >= 11 is 0. The van der Waals surface area contributed by atoms with Gasteiger partial charge in [-0.15, -0.1) is 0 Å². The Kier molecular flexibility index (Phi) is 6.41. The van der Waals surface area contributed by atoms with Crippen LogP contribution < -0.4 is 5.32 Å². The Balaban J connectivity index is 2.27. The van der Waals surface area contributed by atoms with Gasteiger partial charge in [-0.2, -0.15) is 0 Å². The van der Waals surface area contributed by atoms with Crippen molar-refractivity contribution < 1.29 is 9.84 Å². The normalized spacial score (nSPS) is 25.1. The third-order valence-electron chi connectivity index (χ3n) is 3.69. The molecule has 1 fully saturated rings. The lowest BCUT2D eigenvalue weighted by atomic mass is 9.98. The number of aliphatic hydroxyl groups is 1. The highest BCUT2D eigenvalue weighted by Crippen LogP contribution is 2.15. The van der Waals surface area contributed by atoms with Gasteiger partial charge in [-0.25, -0.2) is 0 Å². The van der Waals surface area contributed by atoms with Gasteiger partial charge < -0.3 is 20.1 Å². The van der Waals surface area contributed by atoms with Crippen LogP contribution >= 0.6 is 0 Å². The van der Waals surface area contributed by atoms with Crippen LogP contribution in [0.15, 0.2) is 0 Å². The molecule has 0 aromatic heterocycles. The number of nitrogens with zero attached hydrogens (tertiary/aromatic N) is 1. The Bertz CT molecular complexity index is 214. The Morgan fingerprint density at radius 3 is 2.82 bits per heavy atom. The van der Waals surface area contributed by atoms with Gasteiger partial charge in [0.15, 0.2) is 0 Å². The van der Waals surface area contributed by atoms with E-state index in [1.807, 2.05) is 0 Å². The van der Waals surface area contributed by atoms with Gasteiger partial charge in [-0.05, 0) is 32.7 Å². The summed E-state index contributed by atoms with van der Waals surface area (Å²) in [5.74, 6) is 0. The van der Waals surface area contributed by atoms with E-state index >= 15 is 0 Å². The maximum Gasteiger partial charge on any atom is 0.0710 e. The number of methoxy groups -OCH3 is 1. The highest BCUT2D eigenvalue weighted by atomic mass is 16.5. The summed E-state index contributed by atoms with van der Waals surface area (Å²) in [5, 5.41) is 12.9. The zero-order valence-electron chi connectivity index (χ0n) is 11.5. The van der Waals surface area contributed by atoms with Gasteiger partial charge in [0.1, 0.15) is 0 Å². The van der Waals surface area contributed by atoms with E-state index in [0.29, 0.717) is 6.10 Å². The fourth-order valence-electron chi connectivity index (χ4n) is 2.25. The van der Waals surface area contributed by atoms with Gasteiger partial charge in [-0.3, -0.25) is 0 Å². The van der Waals surface area contributed by atoms with Gasteiger partial charge >= 0.3 is 0 Å². The number of likely N-dealkylation sites (tertiary alicyclic amines) is 1. The lowest BCUT2D eigenvalue weighted by molar-refractivity contribution is 0.103. The Hall–Kier alpha value is -0.160. The van der Waals surface area contributed by atoms with Gasteiger partial charge in [0, 0.05) is 32.3 Å². The molecular formula is C13H28N2O2. The van der Waals surface area contributed by atoms with Crippen LogP contribution in [0.5, 0.6) is 0 Å². The van der Waals surface area contributed by atoms with Gasteiger partial charge in [0.25, 0.3) is 0 Å². The average molecular weight is 244 g/mol. The summed E-state index contributed by atoms with van der Waals surface area (Å²) in [6.45, 7) is 8.61. The van der Waals surface area contributed by atoms with E-state index < -0.39 is 0 Å². The Morgan fingerprint density at radius 2 is 2.29 bits per heavy atom. The van der Waals surface area contributed by atoms with Crippen LogP contribution in [0.25, 0.3) is 0 Å². The number of ether oxygens (including phenoxy) is 1. The van der Waals surface area contributed by atoms with Crippen LogP contribution in [-0.2, 0) is 4.74 Å². The number of hydrogen-bond donors (Lipinski definition) is 2. The summed E-state index contributed by atoms with van der Waals surface area (Å²) in [7, 11) is 1.79. The fourth-order valence-corrected chi connectivity index (χ4v) is 2.25. The summed E-state index contributed by atoms with van der Waals surface area (Å²) < 4.78 is 5.36. The minimum atomic E-state index is -0.138. The van der Waals surface area contributed by atoms with Crippen molar-refractivity contribution in [2.75, 3.05) is 39.9 Å². The number of hydrogen-bond acceptors (Lipinski definition) is 4. The number of rotatable bonds is 8. The molecule has 0 radical (unpaired) electrons. The molecule has 1 aliphatic heterocycles. The number of aliphatic hydroxyl groups excluding tert-OH is 1. The molecule has 2 N–H and O–H groups in total. The second-order valence-electron chi connectivity index (χ2n) is 5.34. The zero-order valence-corrected chi connectivity index (χ0v) is 11.5. The molecule has 1 rings (SSSR count). The summed E-state index contributed by atoms with van der Waals surface area (Å²) in [4.78, 5) is 2.43. The van der Waals surface area contributed by atoms with Crippen LogP contribution in [0.1, 0.15) is 33.1 Å². The standard InChI is InChI=1S/C13H28N2O2/c1-4-7-14-13(2,11-16)6-9-15-8-5-12(10-15)17-3/h12,14,16H,4-11H2,1-3H3. The molecule has 2 unspecified atom stereocenters. The molecule has 2 atom stereocenters. The second-order valence-corrected chi connectivity index (χ2v) is 5.34. The first-order valence-electron chi connectivity index (χ1n) is 6.74. The minimum absolute atomic E-state index is 0.138. The molecule has 0 aliphatic carbocycles. The predicted molar refractivity (Wildman–Crippen MR) is 70.3 cm³/mol. The maximum absolute atomic E-state index is 9.48. The fraction of sp³-hybridized carbons (Fsp3) is 1.00. The molecule has 0 amide bonds. The third kappa shape index (κ3) is 4.92. The topological polar surface area (TPSA) is 44.7 Å². The SMILES string of the molecule is CCCNC(C)(CO)CCN1CCC(OC)C1. The van der Waals surface area contributed by atoms with Crippen LogP contribution in [0.3, 0.4) is 0 Å². The molecule has 1 aliphatic rings. The van der Waals surface area contributed by atoms with E-state index in [1.54, 1.807) is 7.11 Å². The van der Waals surface area contributed by atoms with Crippen molar-refractivity contribution in [1.29, 1.82) is 0 Å². The van der Waals surface area contributed by atoms with Crippen molar-refractivity contribution in [3.05, 3.63) is 0 Å². The molecule has 4 nitrogen and oxygen atoms in total. The third-order valence-corrected chi connectivity index (χ3v) is 3.69. The van der Waals surface area contributed by atoms with Crippen molar-refractivity contribution >= 4 is 0 Å². The Morgan fingerprint density at radius 1 is 1.53 bits per heavy atom. The predicted octanol–water partition coefficient (Wildman–Crippen LogP) is 0.848. The van der Waals surface area contributed by atoms with E-state index in [0.717, 1.165) is 45.4 Å². The summed E-state index contributed by atoms with van der Waals surface area (Å²) in [6, 6.07) is 0. The van der Waals surface area contributed by atoms with Crippen LogP contribution in [0, 0.1) is 0 Å². The smallest absolute Gasteiger partial charge is 0.0710 e. The summed E-state index contributed by atoms with van der Waals surface area (Å²) in [5.41, 5.74) is -0.138. The van der Waals surface area contributed by atoms with E-state index in [9.17, 15) is 5.11 Å². The van der Waals surface area contributed by atoms with E-state index in [2.05, 4.69) is 24.1 Å². The molecular weight excluding hydrogens is 216 g/mol. The first-order chi connectivity index (χ1) is 8.13. The first kappa shape index (κ1) is 14.9. The second kappa shape index (κ2) is 7.31. The lowest BCUT2D eigenvalue weighted by Crippen LogP contribution is -2.48. The van der Waals surface area contributed by atoms with Crippen molar-refractivity contribution in [2.24, 2.45) is 0 Å². The van der Waals surface area contributed by atoms with Crippen molar-refractivity contribution in [2.45, 2.75) is 44.8 Å². The highest BCUT2D eigenvalue weighted by molar-refractivity contribution is 4.85. The molecule has 0 bridgehead atoms. The Labute approximate surface area is 105 Å². The monoisotopic (exact) mass is 244 g/mol. The molecule has 0 aromatic rings. The number of nitrogens with one attached hydrogen (secondary N) is 1. The molecule has 4 heteroatoms. The molecule has 1 heterocycles. The zero-order chi connectivity index (χ0) is 12.7. The molecule has 1 saturated heterocycles. The first-order valence-corrected chi connectivity index (χ1v) is 6.74. The molecule has 17 heavy (non-hydrogen) atoms. The molecule has 102 valence electrons. The minimum Gasteiger partial charge on any atom is -0.394 e. The van der Waals surface area contributed by atoms with Gasteiger partial charge in [-0.1, -0.05) is 6.92 Å². The maximum atomic E-state index is 9.48. The van der Waals surface area contributed by atoms with Crippen LogP contribution in [-0.4, -0.2) is 61.5 Å². The van der Waals surface area contributed by atoms with Crippen molar-refractivity contribution in [3.63, 3.8) is 0 Å². The van der Waals surface area contributed by atoms with E-state index in [-0.39, 0.29) is 12.1 Å². The highest BCUT2D eigenvalue weighted by Gasteiger charge is 2.26.